The van der Waals surface area contributed by atoms with Gasteiger partial charge in [0, 0.05) is 13.1 Å². The van der Waals surface area contributed by atoms with Crippen LogP contribution in [0.4, 0.5) is 5.69 Å². The number of aromatic nitrogens is 2. The molecule has 7 heteroatoms. The van der Waals surface area contributed by atoms with E-state index in [1.807, 2.05) is 54.2 Å². The van der Waals surface area contributed by atoms with Crippen molar-refractivity contribution >= 4 is 29.3 Å². The van der Waals surface area contributed by atoms with Crippen LogP contribution < -0.4 is 10.6 Å². The molecule has 0 spiro atoms. The van der Waals surface area contributed by atoms with Crippen molar-refractivity contribution in [2.75, 3.05) is 11.1 Å². The fraction of sp³-hybridized carbons (Fsp3) is 0.227. The lowest BCUT2D eigenvalue weighted by Gasteiger charge is -2.11. The maximum atomic E-state index is 12.5. The van der Waals surface area contributed by atoms with Crippen molar-refractivity contribution in [3.63, 3.8) is 0 Å². The Morgan fingerprint density at radius 3 is 2.59 bits per heavy atom. The minimum Gasteiger partial charge on any atom is -0.349 e. The Morgan fingerprint density at radius 2 is 1.83 bits per heavy atom. The molecule has 1 saturated carbocycles. The number of hydrogen-bond donors (Lipinski definition) is 2. The second-order valence-corrected chi connectivity index (χ2v) is 7.92. The Labute approximate surface area is 173 Å². The summed E-state index contributed by atoms with van der Waals surface area (Å²) >= 11 is 1.36. The lowest BCUT2D eigenvalue weighted by atomic mass is 10.1. The molecule has 1 aliphatic carbocycles. The summed E-state index contributed by atoms with van der Waals surface area (Å²) in [5.74, 6) is -0.115. The summed E-state index contributed by atoms with van der Waals surface area (Å²) in [6.45, 7) is 0. The third-order valence-electron chi connectivity index (χ3n) is 4.71. The lowest BCUT2D eigenvalue weighted by molar-refractivity contribution is -0.113. The first-order valence-electron chi connectivity index (χ1n) is 9.51. The number of imidazole rings is 1. The zero-order valence-corrected chi connectivity index (χ0v) is 16.9. The Hall–Kier alpha value is -3.06. The van der Waals surface area contributed by atoms with Gasteiger partial charge in [-0.25, -0.2) is 4.98 Å². The smallest absolute Gasteiger partial charge is 0.253 e. The number of anilines is 1. The quantitative estimate of drug-likeness (QED) is 0.587. The second-order valence-electron chi connectivity index (χ2n) is 6.98. The van der Waals surface area contributed by atoms with Crippen LogP contribution in [0, 0.1) is 0 Å². The molecule has 1 fully saturated rings. The topological polar surface area (TPSA) is 76.0 Å². The number of carbonyl (C=O) groups is 2. The van der Waals surface area contributed by atoms with Crippen LogP contribution in [0.5, 0.6) is 0 Å². The molecule has 4 rings (SSSR count). The van der Waals surface area contributed by atoms with Gasteiger partial charge in [-0.1, -0.05) is 54.2 Å². The van der Waals surface area contributed by atoms with E-state index >= 15 is 0 Å². The van der Waals surface area contributed by atoms with Gasteiger partial charge in [-0.15, -0.1) is 0 Å². The number of carbonyl (C=O) groups excluding carboxylic acids is 2. The van der Waals surface area contributed by atoms with Crippen molar-refractivity contribution in [1.82, 2.24) is 14.9 Å². The predicted molar refractivity (Wildman–Crippen MR) is 115 cm³/mol. The van der Waals surface area contributed by atoms with E-state index in [2.05, 4.69) is 15.6 Å². The molecule has 0 unspecified atom stereocenters. The average molecular weight is 407 g/mol. The summed E-state index contributed by atoms with van der Waals surface area (Å²) in [7, 11) is 1.94. The van der Waals surface area contributed by atoms with Gasteiger partial charge in [-0.2, -0.15) is 0 Å². The number of benzene rings is 2. The summed E-state index contributed by atoms with van der Waals surface area (Å²) < 4.78 is 1.98. The van der Waals surface area contributed by atoms with E-state index in [-0.39, 0.29) is 23.6 Å². The molecule has 0 aliphatic heterocycles. The molecular weight excluding hydrogens is 384 g/mol. The second kappa shape index (κ2) is 8.53. The van der Waals surface area contributed by atoms with Gasteiger partial charge in [0.05, 0.1) is 28.9 Å². The first kappa shape index (κ1) is 19.3. The van der Waals surface area contributed by atoms with E-state index in [0.717, 1.165) is 29.3 Å². The highest BCUT2D eigenvalue weighted by atomic mass is 32.2. The van der Waals surface area contributed by atoms with Crippen LogP contribution in [-0.4, -0.2) is 33.2 Å². The van der Waals surface area contributed by atoms with Crippen molar-refractivity contribution in [2.45, 2.75) is 24.0 Å². The van der Waals surface area contributed by atoms with Crippen molar-refractivity contribution in [1.29, 1.82) is 0 Å². The third-order valence-corrected chi connectivity index (χ3v) is 5.75. The molecule has 1 heterocycles. The fourth-order valence-electron chi connectivity index (χ4n) is 3.00. The van der Waals surface area contributed by atoms with Crippen molar-refractivity contribution in [3.05, 3.63) is 66.4 Å². The van der Waals surface area contributed by atoms with E-state index < -0.39 is 0 Å². The minimum atomic E-state index is -0.175. The summed E-state index contributed by atoms with van der Waals surface area (Å²) in [4.78, 5) is 29.3. The van der Waals surface area contributed by atoms with Gasteiger partial charge in [0.2, 0.25) is 5.91 Å². The highest BCUT2D eigenvalue weighted by molar-refractivity contribution is 7.99. The zero-order chi connectivity index (χ0) is 20.2. The van der Waals surface area contributed by atoms with Gasteiger partial charge in [0.15, 0.2) is 5.16 Å². The summed E-state index contributed by atoms with van der Waals surface area (Å²) in [6.07, 6.45) is 3.85. The molecular formula is C22H22N4O2S. The minimum absolute atomic E-state index is 0.146. The summed E-state index contributed by atoms with van der Waals surface area (Å²) in [6, 6.07) is 17.4. The Balaban J connectivity index is 1.39. The molecule has 2 aromatic carbocycles. The molecule has 29 heavy (non-hydrogen) atoms. The summed E-state index contributed by atoms with van der Waals surface area (Å²) in [5.41, 5.74) is 3.09. The first-order chi connectivity index (χ1) is 14.1. The Morgan fingerprint density at radius 1 is 1.10 bits per heavy atom. The number of nitrogens with zero attached hydrogens (tertiary/aromatic N) is 2. The molecule has 0 saturated heterocycles. The molecule has 0 atom stereocenters. The average Bonchev–Trinajstić information content (AvgIpc) is 3.47. The number of amides is 2. The fourth-order valence-corrected chi connectivity index (χ4v) is 3.75. The lowest BCUT2D eigenvalue weighted by Crippen LogP contribution is -2.27. The van der Waals surface area contributed by atoms with Crippen LogP contribution in [0.1, 0.15) is 23.2 Å². The normalized spacial score (nSPS) is 13.1. The molecule has 3 aromatic rings. The SMILES string of the molecule is Cn1c(-c2ccccc2)cnc1SCC(=O)Nc1ccccc1C(=O)NC1CC1. The van der Waals surface area contributed by atoms with E-state index in [4.69, 9.17) is 0 Å². The van der Waals surface area contributed by atoms with Crippen LogP contribution >= 0.6 is 11.8 Å². The van der Waals surface area contributed by atoms with Gasteiger partial charge < -0.3 is 15.2 Å². The van der Waals surface area contributed by atoms with Gasteiger partial charge in [-0.05, 0) is 30.5 Å². The molecule has 0 radical (unpaired) electrons. The standard InChI is InChI=1S/C22H22N4O2S/c1-26-19(15-7-3-2-4-8-15)13-23-22(26)29-14-20(27)25-18-10-6-5-9-17(18)21(28)24-16-11-12-16/h2-10,13,16H,11-12,14H2,1H3,(H,24,28)(H,25,27). The van der Waals surface area contributed by atoms with Crippen LogP contribution in [0.2, 0.25) is 0 Å². The maximum Gasteiger partial charge on any atom is 0.253 e. The van der Waals surface area contributed by atoms with Gasteiger partial charge in [0.1, 0.15) is 0 Å². The van der Waals surface area contributed by atoms with Crippen molar-refractivity contribution in [3.8, 4) is 11.3 Å². The molecule has 6 nitrogen and oxygen atoms in total. The highest BCUT2D eigenvalue weighted by Crippen LogP contribution is 2.25. The summed E-state index contributed by atoms with van der Waals surface area (Å²) in [5, 5.41) is 6.58. The molecule has 2 amide bonds. The third kappa shape index (κ3) is 4.68. The van der Waals surface area contributed by atoms with Gasteiger partial charge >= 0.3 is 0 Å². The van der Waals surface area contributed by atoms with E-state index in [0.29, 0.717) is 11.3 Å². The van der Waals surface area contributed by atoms with E-state index in [1.54, 1.807) is 18.2 Å². The molecule has 148 valence electrons. The van der Waals surface area contributed by atoms with Crippen LogP contribution in [0.25, 0.3) is 11.3 Å². The van der Waals surface area contributed by atoms with Crippen LogP contribution in [-0.2, 0) is 11.8 Å². The molecule has 1 aromatic heterocycles. The van der Waals surface area contributed by atoms with E-state index in [9.17, 15) is 9.59 Å². The van der Waals surface area contributed by atoms with E-state index in [1.165, 1.54) is 11.8 Å². The van der Waals surface area contributed by atoms with Gasteiger partial charge in [-0.3, -0.25) is 9.59 Å². The molecule has 2 N–H and O–H groups in total. The monoisotopic (exact) mass is 406 g/mol. The van der Waals surface area contributed by atoms with Crippen LogP contribution in [0.15, 0.2) is 66.0 Å². The predicted octanol–water partition coefficient (Wildman–Crippen LogP) is 3.71. The number of rotatable bonds is 7. The number of hydrogen-bond acceptors (Lipinski definition) is 4. The first-order valence-corrected chi connectivity index (χ1v) is 10.5. The number of thioether (sulfide) groups is 1. The highest BCUT2D eigenvalue weighted by Gasteiger charge is 2.25. The molecule has 0 bridgehead atoms. The Bertz CT molecular complexity index is 1030. The van der Waals surface area contributed by atoms with Crippen molar-refractivity contribution in [2.24, 2.45) is 7.05 Å². The van der Waals surface area contributed by atoms with Gasteiger partial charge in [0.25, 0.3) is 5.91 Å². The Kier molecular flexibility index (Phi) is 5.67. The zero-order valence-electron chi connectivity index (χ0n) is 16.1. The molecule has 1 aliphatic rings. The number of para-hydroxylation sites is 1. The number of nitrogens with one attached hydrogen (secondary N) is 2. The maximum absolute atomic E-state index is 12.5. The largest absolute Gasteiger partial charge is 0.349 e. The van der Waals surface area contributed by atoms with Crippen molar-refractivity contribution < 1.29 is 9.59 Å². The van der Waals surface area contributed by atoms with Crippen LogP contribution in [0.3, 0.4) is 0 Å².